The second-order valence-electron chi connectivity index (χ2n) is 4.09. The van der Waals surface area contributed by atoms with E-state index in [9.17, 15) is 0 Å². The summed E-state index contributed by atoms with van der Waals surface area (Å²) in [6.07, 6.45) is 0. The van der Waals surface area contributed by atoms with E-state index < -0.39 is 0 Å². The summed E-state index contributed by atoms with van der Waals surface area (Å²) in [6, 6.07) is 18.5. The van der Waals surface area contributed by atoms with Crippen molar-refractivity contribution in [3.05, 3.63) is 60.2 Å². The van der Waals surface area contributed by atoms with E-state index in [2.05, 4.69) is 16.4 Å². The van der Waals surface area contributed by atoms with Crippen molar-refractivity contribution in [1.29, 1.82) is 5.26 Å². The van der Waals surface area contributed by atoms with Crippen molar-refractivity contribution < 1.29 is 4.74 Å². The molecule has 2 rings (SSSR count). The van der Waals surface area contributed by atoms with Gasteiger partial charge in [-0.2, -0.15) is 5.26 Å². The predicted molar refractivity (Wildman–Crippen MR) is 75.4 cm³/mol. The first-order valence-electron chi connectivity index (χ1n) is 6.09. The molecule has 5 heteroatoms. The van der Waals surface area contributed by atoms with Gasteiger partial charge in [-0.05, 0) is 36.4 Å². The van der Waals surface area contributed by atoms with Gasteiger partial charge in [-0.3, -0.25) is 0 Å². The second kappa shape index (κ2) is 6.90. The van der Waals surface area contributed by atoms with Crippen LogP contribution in [0.4, 0.5) is 5.69 Å². The normalized spacial score (nSPS) is 10.2. The van der Waals surface area contributed by atoms with Gasteiger partial charge >= 0.3 is 0 Å². The van der Waals surface area contributed by atoms with Crippen molar-refractivity contribution in [3.63, 3.8) is 0 Å². The summed E-state index contributed by atoms with van der Waals surface area (Å²) in [5.41, 5.74) is 1.29. The number of para-hydroxylation sites is 1. The number of nitriles is 1. The monoisotopic (exact) mass is 266 g/mol. The van der Waals surface area contributed by atoms with E-state index in [1.165, 1.54) is 0 Å². The fourth-order valence-corrected chi connectivity index (χ4v) is 1.44. The van der Waals surface area contributed by atoms with Gasteiger partial charge in [0.05, 0.1) is 17.3 Å². The zero-order valence-electron chi connectivity index (χ0n) is 11.1. The van der Waals surface area contributed by atoms with E-state index in [1.807, 2.05) is 30.3 Å². The fraction of sp³-hybridized carbons (Fsp3) is 0.133. The Morgan fingerprint density at radius 3 is 2.45 bits per heavy atom. The number of benzene rings is 2. The lowest BCUT2D eigenvalue weighted by Gasteiger charge is -2.12. The van der Waals surface area contributed by atoms with Gasteiger partial charge in [0.2, 0.25) is 0 Å². The molecule has 0 amide bonds. The van der Waals surface area contributed by atoms with Crippen LogP contribution in [-0.2, 0) is 0 Å². The zero-order chi connectivity index (χ0) is 14.2. The molecule has 2 aromatic rings. The first-order chi connectivity index (χ1) is 9.78. The molecule has 0 saturated heterocycles. The van der Waals surface area contributed by atoms with Crippen molar-refractivity contribution in [2.24, 2.45) is 10.3 Å². The van der Waals surface area contributed by atoms with Crippen LogP contribution >= 0.6 is 0 Å². The van der Waals surface area contributed by atoms with E-state index in [4.69, 9.17) is 10.00 Å². The Kier molecular flexibility index (Phi) is 4.68. The first-order valence-corrected chi connectivity index (χ1v) is 6.09. The minimum Gasteiger partial charge on any atom is -0.472 e. The van der Waals surface area contributed by atoms with Gasteiger partial charge in [-0.1, -0.05) is 23.4 Å². The molecular formula is C15H14N4O. The van der Waals surface area contributed by atoms with Crippen LogP contribution in [0.25, 0.3) is 0 Å². The molecule has 0 N–H and O–H groups in total. The molecule has 0 atom stereocenters. The van der Waals surface area contributed by atoms with Crippen molar-refractivity contribution in [1.82, 2.24) is 5.01 Å². The molecule has 0 aliphatic carbocycles. The van der Waals surface area contributed by atoms with Crippen molar-refractivity contribution >= 4 is 5.69 Å². The first kappa shape index (κ1) is 13.6. The molecule has 20 heavy (non-hydrogen) atoms. The molecule has 0 aliphatic heterocycles. The highest BCUT2D eigenvalue weighted by Crippen LogP contribution is 2.13. The van der Waals surface area contributed by atoms with Crippen LogP contribution in [0.5, 0.6) is 5.75 Å². The Labute approximate surface area is 117 Å². The van der Waals surface area contributed by atoms with Gasteiger partial charge < -0.3 is 4.74 Å². The number of nitrogens with zero attached hydrogens (tertiary/aromatic N) is 4. The zero-order valence-corrected chi connectivity index (χ0v) is 11.1. The summed E-state index contributed by atoms with van der Waals surface area (Å²) >= 11 is 0. The van der Waals surface area contributed by atoms with Gasteiger partial charge in [0.15, 0.2) is 6.73 Å². The molecule has 0 heterocycles. The molecular weight excluding hydrogens is 252 g/mol. The number of rotatable bonds is 5. The van der Waals surface area contributed by atoms with Crippen LogP contribution in [0.1, 0.15) is 5.56 Å². The standard InChI is InChI=1S/C15H14N4O/c1-19(12-20-15-5-3-2-4-6-15)18-17-14-9-7-13(11-16)8-10-14/h2-10H,12H2,1H3. The van der Waals surface area contributed by atoms with Crippen LogP contribution in [0.3, 0.4) is 0 Å². The minimum absolute atomic E-state index is 0.309. The Bertz CT molecular complexity index is 602. The van der Waals surface area contributed by atoms with Gasteiger partial charge in [-0.15, -0.1) is 5.11 Å². The third kappa shape index (κ3) is 4.10. The Balaban J connectivity index is 1.85. The predicted octanol–water partition coefficient (Wildman–Crippen LogP) is 3.53. The van der Waals surface area contributed by atoms with Crippen LogP contribution in [0.2, 0.25) is 0 Å². The van der Waals surface area contributed by atoms with E-state index in [1.54, 1.807) is 36.3 Å². The summed E-state index contributed by atoms with van der Waals surface area (Å²) in [4.78, 5) is 0. The summed E-state index contributed by atoms with van der Waals surface area (Å²) in [5, 5.41) is 18.4. The lowest BCUT2D eigenvalue weighted by Crippen LogP contribution is -2.17. The van der Waals surface area contributed by atoms with Crippen LogP contribution in [0.15, 0.2) is 64.9 Å². The molecule has 5 nitrogen and oxygen atoms in total. The van der Waals surface area contributed by atoms with Gasteiger partial charge in [-0.25, -0.2) is 5.01 Å². The molecule has 0 aliphatic rings. The Morgan fingerprint density at radius 1 is 1.10 bits per heavy atom. The van der Waals surface area contributed by atoms with Crippen molar-refractivity contribution in [2.75, 3.05) is 13.8 Å². The SMILES string of the molecule is CN(COc1ccccc1)N=Nc1ccc(C#N)cc1. The maximum atomic E-state index is 8.70. The Hall–Kier alpha value is -2.87. The highest BCUT2D eigenvalue weighted by atomic mass is 16.5. The molecule has 0 spiro atoms. The summed E-state index contributed by atoms with van der Waals surface area (Å²) in [7, 11) is 1.77. The molecule has 0 bridgehead atoms. The average molecular weight is 266 g/mol. The summed E-state index contributed by atoms with van der Waals surface area (Å²) in [5.74, 6) is 0.785. The number of hydrogen-bond acceptors (Lipinski definition) is 4. The molecule has 0 saturated carbocycles. The Morgan fingerprint density at radius 2 is 1.80 bits per heavy atom. The maximum Gasteiger partial charge on any atom is 0.177 e. The van der Waals surface area contributed by atoms with Crippen LogP contribution in [0, 0.1) is 11.3 Å². The van der Waals surface area contributed by atoms with E-state index >= 15 is 0 Å². The largest absolute Gasteiger partial charge is 0.472 e. The third-order valence-corrected chi connectivity index (χ3v) is 2.47. The third-order valence-electron chi connectivity index (χ3n) is 2.47. The topological polar surface area (TPSA) is 61.0 Å². The maximum absolute atomic E-state index is 8.70. The molecule has 0 radical (unpaired) electrons. The summed E-state index contributed by atoms with van der Waals surface area (Å²) < 4.78 is 5.52. The molecule has 0 fully saturated rings. The van der Waals surface area contributed by atoms with Gasteiger partial charge in [0.25, 0.3) is 0 Å². The lowest BCUT2D eigenvalue weighted by atomic mass is 10.2. The van der Waals surface area contributed by atoms with Gasteiger partial charge in [0, 0.05) is 7.05 Å². The fourth-order valence-electron chi connectivity index (χ4n) is 1.44. The number of hydrogen-bond donors (Lipinski definition) is 0. The number of ether oxygens (including phenoxy) is 1. The molecule has 0 aromatic heterocycles. The van der Waals surface area contributed by atoms with Crippen LogP contribution in [-0.4, -0.2) is 18.8 Å². The summed E-state index contributed by atoms with van der Waals surface area (Å²) in [6.45, 7) is 0.309. The average Bonchev–Trinajstić information content (AvgIpc) is 2.52. The lowest BCUT2D eigenvalue weighted by molar-refractivity contribution is 0.149. The highest BCUT2D eigenvalue weighted by Gasteiger charge is 1.96. The van der Waals surface area contributed by atoms with E-state index in [-0.39, 0.29) is 0 Å². The van der Waals surface area contributed by atoms with E-state index in [0.717, 1.165) is 5.75 Å². The van der Waals surface area contributed by atoms with Crippen molar-refractivity contribution in [3.8, 4) is 11.8 Å². The van der Waals surface area contributed by atoms with E-state index in [0.29, 0.717) is 18.0 Å². The van der Waals surface area contributed by atoms with Crippen molar-refractivity contribution in [2.45, 2.75) is 0 Å². The minimum atomic E-state index is 0.309. The smallest absolute Gasteiger partial charge is 0.177 e. The molecule has 100 valence electrons. The highest BCUT2D eigenvalue weighted by molar-refractivity contribution is 5.41. The second-order valence-corrected chi connectivity index (χ2v) is 4.09. The van der Waals surface area contributed by atoms with Gasteiger partial charge in [0.1, 0.15) is 5.75 Å². The molecule has 0 unspecified atom stereocenters. The molecule has 2 aromatic carbocycles. The van der Waals surface area contributed by atoms with Crippen LogP contribution < -0.4 is 4.74 Å². The quantitative estimate of drug-likeness (QED) is 0.472.